The van der Waals surface area contributed by atoms with Crippen molar-refractivity contribution in [1.82, 2.24) is 0 Å². The van der Waals surface area contributed by atoms with Gasteiger partial charge in [-0.25, -0.2) is 0 Å². The van der Waals surface area contributed by atoms with E-state index in [1.807, 2.05) is 0 Å². The second-order valence-corrected chi connectivity index (χ2v) is 6.16. The third kappa shape index (κ3) is 2.26. The van der Waals surface area contributed by atoms with E-state index in [9.17, 15) is 0 Å². The summed E-state index contributed by atoms with van der Waals surface area (Å²) in [4.78, 5) is 2.66. The first-order chi connectivity index (χ1) is 8.74. The standard InChI is InChI=1S/C16H24N2/c1-12-10-13-4-2-3-5-16(13)18(11-12)15-8-6-14(17)7-9-15/h2-5,12,14-15H,6-11,17H2,1H3. The molecule has 3 rings (SSSR count). The molecule has 18 heavy (non-hydrogen) atoms. The summed E-state index contributed by atoms with van der Waals surface area (Å²) < 4.78 is 0. The summed E-state index contributed by atoms with van der Waals surface area (Å²) in [6.45, 7) is 3.59. The highest BCUT2D eigenvalue weighted by molar-refractivity contribution is 5.56. The maximum absolute atomic E-state index is 6.03. The molecule has 1 fully saturated rings. The molecular weight excluding hydrogens is 220 g/mol. The van der Waals surface area contributed by atoms with Crippen LogP contribution in [0.4, 0.5) is 5.69 Å². The van der Waals surface area contributed by atoms with Crippen LogP contribution in [0.25, 0.3) is 0 Å². The highest BCUT2D eigenvalue weighted by atomic mass is 15.2. The molecule has 2 N–H and O–H groups in total. The van der Waals surface area contributed by atoms with E-state index in [0.717, 1.165) is 5.92 Å². The van der Waals surface area contributed by atoms with E-state index in [2.05, 4.69) is 36.1 Å². The molecule has 0 spiro atoms. The lowest BCUT2D eigenvalue weighted by atomic mass is 9.86. The highest BCUT2D eigenvalue weighted by Gasteiger charge is 2.29. The molecule has 1 heterocycles. The van der Waals surface area contributed by atoms with E-state index < -0.39 is 0 Å². The van der Waals surface area contributed by atoms with Crippen molar-refractivity contribution in [2.75, 3.05) is 11.4 Å². The Hall–Kier alpha value is -1.02. The Balaban J connectivity index is 1.84. The second-order valence-electron chi connectivity index (χ2n) is 6.16. The first-order valence-electron chi connectivity index (χ1n) is 7.34. The van der Waals surface area contributed by atoms with Gasteiger partial charge in [0.15, 0.2) is 0 Å². The number of rotatable bonds is 1. The first kappa shape index (κ1) is 12.0. The lowest BCUT2D eigenvalue weighted by Gasteiger charge is -2.43. The van der Waals surface area contributed by atoms with Crippen LogP contribution in [0.2, 0.25) is 0 Å². The lowest BCUT2D eigenvalue weighted by molar-refractivity contribution is 0.357. The Morgan fingerprint density at radius 2 is 1.83 bits per heavy atom. The van der Waals surface area contributed by atoms with Crippen molar-refractivity contribution in [2.24, 2.45) is 11.7 Å². The molecule has 0 bridgehead atoms. The zero-order chi connectivity index (χ0) is 12.5. The van der Waals surface area contributed by atoms with Gasteiger partial charge < -0.3 is 10.6 Å². The van der Waals surface area contributed by atoms with E-state index in [1.54, 1.807) is 0 Å². The van der Waals surface area contributed by atoms with Gasteiger partial charge in [-0.3, -0.25) is 0 Å². The topological polar surface area (TPSA) is 29.3 Å². The Labute approximate surface area is 110 Å². The molecule has 0 amide bonds. The Morgan fingerprint density at radius 3 is 2.61 bits per heavy atom. The van der Waals surface area contributed by atoms with Gasteiger partial charge in [0.25, 0.3) is 0 Å². The molecular formula is C16H24N2. The van der Waals surface area contributed by atoms with Crippen LogP contribution >= 0.6 is 0 Å². The highest BCUT2D eigenvalue weighted by Crippen LogP contribution is 2.34. The van der Waals surface area contributed by atoms with E-state index in [-0.39, 0.29) is 0 Å². The van der Waals surface area contributed by atoms with Gasteiger partial charge in [0.1, 0.15) is 0 Å². The fourth-order valence-electron chi connectivity index (χ4n) is 3.60. The third-order valence-electron chi connectivity index (χ3n) is 4.56. The van der Waals surface area contributed by atoms with Crippen LogP contribution in [0.1, 0.15) is 38.2 Å². The Kier molecular flexibility index (Phi) is 3.29. The summed E-state index contributed by atoms with van der Waals surface area (Å²) in [5.41, 5.74) is 9.05. The minimum atomic E-state index is 0.443. The second kappa shape index (κ2) is 4.93. The Morgan fingerprint density at radius 1 is 1.11 bits per heavy atom. The molecule has 1 unspecified atom stereocenters. The SMILES string of the molecule is CC1Cc2ccccc2N(C2CCC(N)CC2)C1. The summed E-state index contributed by atoms with van der Waals surface area (Å²) in [6, 6.07) is 10.1. The van der Waals surface area contributed by atoms with Crippen LogP contribution in [0.5, 0.6) is 0 Å². The predicted octanol–water partition coefficient (Wildman–Crippen LogP) is 2.96. The number of anilines is 1. The van der Waals surface area contributed by atoms with Crippen LogP contribution in [0.15, 0.2) is 24.3 Å². The smallest absolute Gasteiger partial charge is 0.0401 e. The fourth-order valence-corrected chi connectivity index (χ4v) is 3.60. The summed E-state index contributed by atoms with van der Waals surface area (Å²) in [7, 11) is 0. The van der Waals surface area contributed by atoms with Gasteiger partial charge in [0.05, 0.1) is 0 Å². The molecule has 2 heteroatoms. The van der Waals surface area contributed by atoms with Crippen LogP contribution in [-0.4, -0.2) is 18.6 Å². The number of hydrogen-bond donors (Lipinski definition) is 1. The maximum atomic E-state index is 6.03. The maximum Gasteiger partial charge on any atom is 0.0401 e. The number of nitrogens with zero attached hydrogens (tertiary/aromatic N) is 1. The number of benzene rings is 1. The molecule has 1 aliphatic carbocycles. The average Bonchev–Trinajstić information content (AvgIpc) is 2.38. The van der Waals surface area contributed by atoms with Crippen LogP contribution < -0.4 is 10.6 Å². The molecule has 1 atom stereocenters. The summed E-state index contributed by atoms with van der Waals surface area (Å²) in [5.74, 6) is 0.774. The molecule has 0 saturated heterocycles. The van der Waals surface area contributed by atoms with Crippen molar-refractivity contribution in [3.05, 3.63) is 29.8 Å². The fraction of sp³-hybridized carbons (Fsp3) is 0.625. The van der Waals surface area contributed by atoms with Crippen molar-refractivity contribution < 1.29 is 0 Å². The van der Waals surface area contributed by atoms with Crippen molar-refractivity contribution in [1.29, 1.82) is 0 Å². The van der Waals surface area contributed by atoms with E-state index >= 15 is 0 Å². The largest absolute Gasteiger partial charge is 0.368 e. The van der Waals surface area contributed by atoms with E-state index in [1.165, 1.54) is 49.9 Å². The number of fused-ring (bicyclic) bond motifs is 1. The molecule has 0 radical (unpaired) electrons. The van der Waals surface area contributed by atoms with E-state index in [4.69, 9.17) is 5.73 Å². The summed E-state index contributed by atoms with van der Waals surface area (Å²) >= 11 is 0. The third-order valence-corrected chi connectivity index (χ3v) is 4.56. The molecule has 1 aliphatic heterocycles. The quantitative estimate of drug-likeness (QED) is 0.823. The van der Waals surface area contributed by atoms with Crippen LogP contribution in [0.3, 0.4) is 0 Å². The molecule has 1 aromatic carbocycles. The van der Waals surface area contributed by atoms with E-state index in [0.29, 0.717) is 12.1 Å². The zero-order valence-electron chi connectivity index (χ0n) is 11.3. The molecule has 2 aliphatic rings. The molecule has 98 valence electrons. The van der Waals surface area contributed by atoms with Crippen molar-refractivity contribution in [3.63, 3.8) is 0 Å². The molecule has 0 aromatic heterocycles. The first-order valence-corrected chi connectivity index (χ1v) is 7.34. The van der Waals surface area contributed by atoms with Crippen molar-refractivity contribution in [3.8, 4) is 0 Å². The number of para-hydroxylation sites is 1. The van der Waals surface area contributed by atoms with Gasteiger partial charge in [0, 0.05) is 24.3 Å². The molecule has 2 nitrogen and oxygen atoms in total. The number of hydrogen-bond acceptors (Lipinski definition) is 2. The van der Waals surface area contributed by atoms with Gasteiger partial charge in [-0.2, -0.15) is 0 Å². The van der Waals surface area contributed by atoms with Gasteiger partial charge in [0.2, 0.25) is 0 Å². The summed E-state index contributed by atoms with van der Waals surface area (Å²) in [6.07, 6.45) is 6.15. The Bertz CT molecular complexity index is 407. The van der Waals surface area contributed by atoms with Gasteiger partial charge >= 0.3 is 0 Å². The van der Waals surface area contributed by atoms with Gasteiger partial charge in [-0.15, -0.1) is 0 Å². The lowest BCUT2D eigenvalue weighted by Crippen LogP contribution is -2.45. The summed E-state index contributed by atoms with van der Waals surface area (Å²) in [5, 5.41) is 0. The average molecular weight is 244 g/mol. The zero-order valence-corrected chi connectivity index (χ0v) is 11.3. The number of nitrogens with two attached hydrogens (primary N) is 1. The predicted molar refractivity (Wildman–Crippen MR) is 76.9 cm³/mol. The van der Waals surface area contributed by atoms with Crippen molar-refractivity contribution in [2.45, 2.75) is 51.1 Å². The van der Waals surface area contributed by atoms with Crippen LogP contribution in [-0.2, 0) is 6.42 Å². The molecule has 1 saturated carbocycles. The minimum Gasteiger partial charge on any atom is -0.368 e. The van der Waals surface area contributed by atoms with Crippen molar-refractivity contribution >= 4 is 5.69 Å². The monoisotopic (exact) mass is 244 g/mol. The minimum absolute atomic E-state index is 0.443. The van der Waals surface area contributed by atoms with Gasteiger partial charge in [-0.1, -0.05) is 25.1 Å². The normalized spacial score (nSPS) is 32.1. The van der Waals surface area contributed by atoms with Crippen LogP contribution in [0, 0.1) is 5.92 Å². The van der Waals surface area contributed by atoms with Gasteiger partial charge in [-0.05, 0) is 49.7 Å². The molecule has 1 aromatic rings.